The lowest BCUT2D eigenvalue weighted by molar-refractivity contribution is -0.142. The second-order valence-electron chi connectivity index (χ2n) is 8.63. The molecule has 4 atom stereocenters. The van der Waals surface area contributed by atoms with Gasteiger partial charge in [0.05, 0.1) is 11.8 Å². The minimum atomic E-state index is -0.590. The van der Waals surface area contributed by atoms with Crippen molar-refractivity contribution in [2.24, 2.45) is 11.8 Å². The Bertz CT molecular complexity index is 1170. The van der Waals surface area contributed by atoms with Gasteiger partial charge in [0.15, 0.2) is 0 Å². The molecular formula is C28H24N2O3. The molecule has 1 aliphatic heterocycles. The molecule has 0 spiro atoms. The molecule has 2 aliphatic rings. The van der Waals surface area contributed by atoms with Crippen LogP contribution >= 0.6 is 0 Å². The van der Waals surface area contributed by atoms with Crippen molar-refractivity contribution in [1.29, 1.82) is 0 Å². The number of aryl methyl sites for hydroxylation is 1. The van der Waals surface area contributed by atoms with Crippen LogP contribution < -0.4 is 5.43 Å². The first-order chi connectivity index (χ1) is 16.0. The van der Waals surface area contributed by atoms with Gasteiger partial charge in [-0.3, -0.25) is 19.8 Å². The highest BCUT2D eigenvalue weighted by Crippen LogP contribution is 2.48. The third-order valence-corrected chi connectivity index (χ3v) is 6.56. The number of allylic oxidation sites excluding steroid dienone is 2. The number of carbonyl (C=O) groups is 3. The van der Waals surface area contributed by atoms with Crippen LogP contribution in [0.25, 0.3) is 0 Å². The number of rotatable bonds is 4. The van der Waals surface area contributed by atoms with Gasteiger partial charge in [-0.25, -0.2) is 0 Å². The summed E-state index contributed by atoms with van der Waals surface area (Å²) in [6, 6.07) is 26.5. The van der Waals surface area contributed by atoms with E-state index in [-0.39, 0.29) is 23.7 Å². The van der Waals surface area contributed by atoms with Gasteiger partial charge in [0, 0.05) is 17.4 Å². The first-order valence-corrected chi connectivity index (χ1v) is 11.1. The lowest BCUT2D eigenvalue weighted by atomic mass is 9.68. The van der Waals surface area contributed by atoms with Gasteiger partial charge in [-0.15, -0.1) is 0 Å². The molecular weight excluding hydrogens is 412 g/mol. The molecule has 0 bridgehead atoms. The van der Waals surface area contributed by atoms with Gasteiger partial charge in [0.25, 0.3) is 17.7 Å². The monoisotopic (exact) mass is 436 g/mol. The third kappa shape index (κ3) is 3.76. The van der Waals surface area contributed by atoms with Gasteiger partial charge in [-0.05, 0) is 30.2 Å². The summed E-state index contributed by atoms with van der Waals surface area (Å²) < 4.78 is 0. The number of fused-ring (bicyclic) bond motifs is 1. The largest absolute Gasteiger partial charge is 0.272 e. The second kappa shape index (κ2) is 8.51. The molecule has 3 amide bonds. The highest BCUT2D eigenvalue weighted by atomic mass is 16.2. The van der Waals surface area contributed by atoms with E-state index in [2.05, 4.69) is 5.43 Å². The van der Waals surface area contributed by atoms with E-state index in [0.29, 0.717) is 5.56 Å². The van der Waals surface area contributed by atoms with E-state index >= 15 is 0 Å². The number of nitrogens with one attached hydrogen (secondary N) is 1. The summed E-state index contributed by atoms with van der Waals surface area (Å²) in [5.74, 6) is -2.88. The van der Waals surface area contributed by atoms with Crippen LogP contribution in [0.2, 0.25) is 0 Å². The molecule has 5 nitrogen and oxygen atoms in total. The van der Waals surface area contributed by atoms with E-state index in [9.17, 15) is 14.4 Å². The van der Waals surface area contributed by atoms with Crippen LogP contribution in [0.4, 0.5) is 0 Å². The Hall–Kier alpha value is -3.99. The fraction of sp³-hybridized carbons (Fsp3) is 0.179. The Morgan fingerprint density at radius 1 is 0.727 bits per heavy atom. The molecule has 0 unspecified atom stereocenters. The number of hydrogen-bond donors (Lipinski definition) is 1. The number of imide groups is 1. The van der Waals surface area contributed by atoms with Crippen LogP contribution in [0, 0.1) is 18.8 Å². The quantitative estimate of drug-likeness (QED) is 0.488. The summed E-state index contributed by atoms with van der Waals surface area (Å²) in [5.41, 5.74) is 5.87. The van der Waals surface area contributed by atoms with E-state index in [4.69, 9.17) is 0 Å². The average Bonchev–Trinajstić information content (AvgIpc) is 3.10. The fourth-order valence-electron chi connectivity index (χ4n) is 5.00. The normalized spacial score (nSPS) is 24.0. The second-order valence-corrected chi connectivity index (χ2v) is 8.63. The minimum absolute atomic E-state index is 0.242. The maximum Gasteiger partial charge on any atom is 0.270 e. The summed E-state index contributed by atoms with van der Waals surface area (Å²) in [5, 5.41) is 0.943. The van der Waals surface area contributed by atoms with Crippen molar-refractivity contribution in [1.82, 2.24) is 10.4 Å². The van der Waals surface area contributed by atoms with Crippen molar-refractivity contribution in [3.8, 4) is 0 Å². The van der Waals surface area contributed by atoms with Gasteiger partial charge >= 0.3 is 0 Å². The molecule has 5 heteroatoms. The topological polar surface area (TPSA) is 66.5 Å². The Labute approximate surface area is 192 Å². The van der Waals surface area contributed by atoms with Crippen LogP contribution in [-0.4, -0.2) is 22.7 Å². The molecule has 1 heterocycles. The van der Waals surface area contributed by atoms with Crippen molar-refractivity contribution in [2.45, 2.75) is 18.8 Å². The molecule has 33 heavy (non-hydrogen) atoms. The van der Waals surface area contributed by atoms with E-state index in [0.717, 1.165) is 21.7 Å². The van der Waals surface area contributed by atoms with Gasteiger partial charge in [0.2, 0.25) is 0 Å². The van der Waals surface area contributed by atoms with Gasteiger partial charge in [0.1, 0.15) is 0 Å². The van der Waals surface area contributed by atoms with Gasteiger partial charge < -0.3 is 0 Å². The summed E-state index contributed by atoms with van der Waals surface area (Å²) in [4.78, 5) is 40.1. The molecule has 164 valence electrons. The number of nitrogens with zero attached hydrogens (tertiary/aromatic N) is 1. The summed E-state index contributed by atoms with van der Waals surface area (Å²) >= 11 is 0. The van der Waals surface area contributed by atoms with Crippen molar-refractivity contribution in [2.75, 3.05) is 0 Å². The van der Waals surface area contributed by atoms with Gasteiger partial charge in [-0.1, -0.05) is 90.5 Å². The van der Waals surface area contributed by atoms with E-state index < -0.39 is 17.7 Å². The maximum atomic E-state index is 13.6. The molecule has 3 aromatic rings. The number of benzene rings is 3. The lowest BCUT2D eigenvalue weighted by Gasteiger charge is -2.32. The van der Waals surface area contributed by atoms with Crippen LogP contribution in [0.15, 0.2) is 97.1 Å². The van der Waals surface area contributed by atoms with Crippen LogP contribution in [-0.2, 0) is 9.59 Å². The summed E-state index contributed by atoms with van der Waals surface area (Å²) in [7, 11) is 0. The Morgan fingerprint density at radius 3 is 1.73 bits per heavy atom. The molecule has 3 aromatic carbocycles. The zero-order valence-electron chi connectivity index (χ0n) is 18.2. The standard InChI is InChI=1S/C28H24N2O3/c1-18-9-8-14-21(17-18)26(31)29-30-27(32)24-22(19-10-4-2-5-11-19)15-16-23(25(24)28(30)33)20-12-6-3-7-13-20/h2-17,22-25H,1H3,(H,29,31)/t22-,23+,24+,25-. The zero-order chi connectivity index (χ0) is 22.9. The molecule has 1 N–H and O–H groups in total. The van der Waals surface area contributed by atoms with Crippen LogP contribution in [0.1, 0.15) is 38.9 Å². The number of hydrogen-bond acceptors (Lipinski definition) is 3. The van der Waals surface area contributed by atoms with Crippen molar-refractivity contribution in [3.05, 3.63) is 119 Å². The fourth-order valence-corrected chi connectivity index (χ4v) is 5.00. The van der Waals surface area contributed by atoms with E-state index in [1.165, 1.54) is 0 Å². The molecule has 1 fully saturated rings. The minimum Gasteiger partial charge on any atom is -0.272 e. The summed E-state index contributed by atoms with van der Waals surface area (Å²) in [6.07, 6.45) is 4.07. The Balaban J connectivity index is 1.52. The van der Waals surface area contributed by atoms with Crippen LogP contribution in [0.3, 0.4) is 0 Å². The van der Waals surface area contributed by atoms with E-state index in [1.54, 1.807) is 18.2 Å². The smallest absolute Gasteiger partial charge is 0.270 e. The lowest BCUT2D eigenvalue weighted by Crippen LogP contribution is -2.46. The zero-order valence-corrected chi connectivity index (χ0v) is 18.2. The average molecular weight is 437 g/mol. The molecule has 1 aliphatic carbocycles. The molecule has 5 rings (SSSR count). The maximum absolute atomic E-state index is 13.6. The number of carbonyl (C=O) groups excluding carboxylic acids is 3. The van der Waals surface area contributed by atoms with Crippen molar-refractivity contribution in [3.63, 3.8) is 0 Å². The van der Waals surface area contributed by atoms with Crippen molar-refractivity contribution < 1.29 is 14.4 Å². The number of hydrazine groups is 1. The molecule has 0 saturated carbocycles. The first-order valence-electron chi connectivity index (χ1n) is 11.1. The molecule has 1 saturated heterocycles. The Morgan fingerprint density at radius 2 is 1.24 bits per heavy atom. The predicted octanol–water partition coefficient (Wildman–Crippen LogP) is 4.38. The number of amides is 3. The van der Waals surface area contributed by atoms with E-state index in [1.807, 2.05) is 85.8 Å². The predicted molar refractivity (Wildman–Crippen MR) is 125 cm³/mol. The summed E-state index contributed by atoms with van der Waals surface area (Å²) in [6.45, 7) is 1.89. The first kappa shape index (κ1) is 20.9. The highest BCUT2D eigenvalue weighted by molar-refractivity contribution is 6.09. The highest BCUT2D eigenvalue weighted by Gasteiger charge is 2.55. The molecule has 0 radical (unpaired) electrons. The molecule has 0 aromatic heterocycles. The van der Waals surface area contributed by atoms with Crippen molar-refractivity contribution >= 4 is 17.7 Å². The van der Waals surface area contributed by atoms with Crippen LogP contribution in [0.5, 0.6) is 0 Å². The third-order valence-electron chi connectivity index (χ3n) is 6.56. The Kier molecular flexibility index (Phi) is 5.38. The SMILES string of the molecule is Cc1cccc(C(=O)NN2C(=O)[C@@H]3[C@H](C2=O)[C@H](c2ccccc2)C=C[C@@H]3c2ccccc2)c1. The van der Waals surface area contributed by atoms with Gasteiger partial charge in [-0.2, -0.15) is 5.01 Å².